The van der Waals surface area contributed by atoms with Crippen LogP contribution < -0.4 is 21.7 Å². The molecule has 1 aliphatic rings. The van der Waals surface area contributed by atoms with E-state index in [1.807, 2.05) is 30.5 Å². The number of unbranched alkanes of at least 4 members (excludes halogenated alkanes) is 2. The van der Waals surface area contributed by atoms with E-state index in [2.05, 4.69) is 27.9 Å². The predicted molar refractivity (Wildman–Crippen MR) is 120 cm³/mol. The molecule has 1 aliphatic heterocycles. The van der Waals surface area contributed by atoms with Gasteiger partial charge in [0.1, 0.15) is 12.1 Å². The van der Waals surface area contributed by atoms with Crippen molar-refractivity contribution < 1.29 is 14.4 Å². The van der Waals surface area contributed by atoms with E-state index in [1.54, 1.807) is 0 Å². The Morgan fingerprint density at radius 3 is 2.65 bits per heavy atom. The van der Waals surface area contributed by atoms with E-state index in [9.17, 15) is 14.4 Å². The van der Waals surface area contributed by atoms with Gasteiger partial charge in [-0.05, 0) is 37.3 Å². The summed E-state index contributed by atoms with van der Waals surface area (Å²) in [5.74, 6) is -0.394. The van der Waals surface area contributed by atoms with E-state index in [1.165, 1.54) is 0 Å². The Hall–Kier alpha value is -2.87. The molecule has 31 heavy (non-hydrogen) atoms. The van der Waals surface area contributed by atoms with Gasteiger partial charge in [0.25, 0.3) is 0 Å². The highest BCUT2D eigenvalue weighted by atomic mass is 16.2. The molecule has 8 nitrogen and oxygen atoms in total. The number of piperazine rings is 1. The fourth-order valence-electron chi connectivity index (χ4n) is 3.97. The number of hydrogen-bond acceptors (Lipinski definition) is 4. The number of nitrogens with one attached hydrogen (secondary N) is 4. The molecule has 0 saturated carbocycles. The summed E-state index contributed by atoms with van der Waals surface area (Å²) in [6.45, 7) is 2.09. The van der Waals surface area contributed by atoms with Crippen molar-refractivity contribution in [1.29, 1.82) is 0 Å². The minimum Gasteiger partial charge on any atom is -0.361 e. The number of H-pyrrole nitrogens is 1. The van der Waals surface area contributed by atoms with Gasteiger partial charge in [-0.2, -0.15) is 0 Å². The lowest BCUT2D eigenvalue weighted by Crippen LogP contribution is -2.62. The maximum atomic E-state index is 12.6. The van der Waals surface area contributed by atoms with E-state index in [0.717, 1.165) is 35.7 Å². The number of nitrogens with two attached hydrogens (primary N) is 1. The SMILES string of the molecule is CCCCCC(=O)NC(N)CCC[C@@H]1NC(=O)[C@@H](Cc2c[nH]c3ccccc23)NC1=O. The van der Waals surface area contributed by atoms with E-state index in [-0.39, 0.29) is 17.7 Å². The van der Waals surface area contributed by atoms with Crippen LogP contribution in [0.2, 0.25) is 0 Å². The number of rotatable bonds is 11. The zero-order valence-corrected chi connectivity index (χ0v) is 18.1. The minimum atomic E-state index is -0.590. The van der Waals surface area contributed by atoms with Gasteiger partial charge in [0.15, 0.2) is 0 Å². The molecular weight excluding hydrogens is 394 g/mol. The largest absolute Gasteiger partial charge is 0.361 e. The van der Waals surface area contributed by atoms with Crippen molar-refractivity contribution in [3.8, 4) is 0 Å². The summed E-state index contributed by atoms with van der Waals surface area (Å²) in [4.78, 5) is 40.1. The first kappa shape index (κ1) is 22.8. The first-order chi connectivity index (χ1) is 15.0. The second-order valence-electron chi connectivity index (χ2n) is 8.25. The molecule has 2 heterocycles. The number of aromatic nitrogens is 1. The fourth-order valence-corrected chi connectivity index (χ4v) is 3.97. The molecule has 1 fully saturated rings. The number of benzene rings is 1. The summed E-state index contributed by atoms with van der Waals surface area (Å²) in [6.07, 6.45) is 6.99. The highest BCUT2D eigenvalue weighted by Gasteiger charge is 2.33. The van der Waals surface area contributed by atoms with Crippen LogP contribution in [0.15, 0.2) is 30.5 Å². The molecule has 1 unspecified atom stereocenters. The molecule has 8 heteroatoms. The van der Waals surface area contributed by atoms with Crippen LogP contribution in [0.1, 0.15) is 57.4 Å². The van der Waals surface area contributed by atoms with Crippen molar-refractivity contribution in [2.24, 2.45) is 5.73 Å². The second kappa shape index (κ2) is 10.9. The van der Waals surface area contributed by atoms with Crippen LogP contribution in [-0.4, -0.2) is 41.0 Å². The number of para-hydroxylation sites is 1. The van der Waals surface area contributed by atoms with Gasteiger partial charge < -0.3 is 26.7 Å². The quantitative estimate of drug-likeness (QED) is 0.277. The molecule has 0 spiro atoms. The summed E-state index contributed by atoms with van der Waals surface area (Å²) in [7, 11) is 0. The molecule has 6 N–H and O–H groups in total. The highest BCUT2D eigenvalue weighted by molar-refractivity contribution is 5.97. The summed E-state index contributed by atoms with van der Waals surface area (Å²) in [5.41, 5.74) is 7.98. The lowest BCUT2D eigenvalue weighted by molar-refractivity contribution is -0.136. The molecule has 1 aromatic carbocycles. The smallest absolute Gasteiger partial charge is 0.243 e. The normalized spacial score (nSPS) is 19.7. The monoisotopic (exact) mass is 427 g/mol. The Morgan fingerprint density at radius 2 is 1.84 bits per heavy atom. The van der Waals surface area contributed by atoms with E-state index < -0.39 is 18.2 Å². The third kappa shape index (κ3) is 6.30. The lowest BCUT2D eigenvalue weighted by Gasteiger charge is -2.29. The summed E-state index contributed by atoms with van der Waals surface area (Å²) >= 11 is 0. The van der Waals surface area contributed by atoms with Crippen LogP contribution in [0.25, 0.3) is 10.9 Å². The number of carbonyl (C=O) groups is 3. The molecule has 0 radical (unpaired) electrons. The number of hydrogen-bond donors (Lipinski definition) is 5. The molecule has 3 amide bonds. The molecule has 0 bridgehead atoms. The summed E-state index contributed by atoms with van der Waals surface area (Å²) in [6, 6.07) is 6.72. The number of amides is 3. The third-order valence-electron chi connectivity index (χ3n) is 5.73. The Kier molecular flexibility index (Phi) is 8.06. The first-order valence-corrected chi connectivity index (χ1v) is 11.2. The van der Waals surface area contributed by atoms with E-state index in [0.29, 0.717) is 32.1 Å². The average molecular weight is 428 g/mol. The van der Waals surface area contributed by atoms with Gasteiger partial charge in [-0.3, -0.25) is 14.4 Å². The van der Waals surface area contributed by atoms with Crippen molar-refractivity contribution in [2.45, 2.75) is 76.5 Å². The number of carbonyl (C=O) groups excluding carboxylic acids is 3. The maximum absolute atomic E-state index is 12.6. The molecular formula is C23H33N5O3. The molecule has 3 rings (SSSR count). The Bertz CT molecular complexity index is 910. The van der Waals surface area contributed by atoms with Crippen LogP contribution in [0, 0.1) is 0 Å². The van der Waals surface area contributed by atoms with E-state index in [4.69, 9.17) is 5.73 Å². The van der Waals surface area contributed by atoms with E-state index >= 15 is 0 Å². The van der Waals surface area contributed by atoms with Gasteiger partial charge in [0.2, 0.25) is 17.7 Å². The standard InChI is InChI=1S/C23H33N5O3/c1-2-3-4-12-21(29)28-20(24)11-7-10-18-22(30)27-19(23(31)26-18)13-15-14-25-17-9-6-5-8-16(15)17/h5-6,8-9,14,18-20,25H,2-4,7,10-13,24H2,1H3,(H,26,31)(H,27,30)(H,28,29)/t18-,19+,20?/m0/s1. The Balaban J connectivity index is 1.42. The molecule has 1 saturated heterocycles. The van der Waals surface area contributed by atoms with Gasteiger partial charge >= 0.3 is 0 Å². The van der Waals surface area contributed by atoms with Crippen LogP contribution >= 0.6 is 0 Å². The zero-order valence-electron chi connectivity index (χ0n) is 18.1. The second-order valence-corrected chi connectivity index (χ2v) is 8.25. The topological polar surface area (TPSA) is 129 Å². The lowest BCUT2D eigenvalue weighted by atomic mass is 9.99. The number of aromatic amines is 1. The van der Waals surface area contributed by atoms with Crippen LogP contribution in [0.4, 0.5) is 0 Å². The molecule has 0 aliphatic carbocycles. The Labute approximate surface area is 182 Å². The maximum Gasteiger partial charge on any atom is 0.243 e. The van der Waals surface area contributed by atoms with Crippen LogP contribution in [0.3, 0.4) is 0 Å². The van der Waals surface area contributed by atoms with Crippen LogP contribution in [0.5, 0.6) is 0 Å². The zero-order chi connectivity index (χ0) is 22.2. The number of fused-ring (bicyclic) bond motifs is 1. The molecule has 3 atom stereocenters. The third-order valence-corrected chi connectivity index (χ3v) is 5.73. The molecule has 168 valence electrons. The summed E-state index contributed by atoms with van der Waals surface area (Å²) < 4.78 is 0. The highest BCUT2D eigenvalue weighted by Crippen LogP contribution is 2.20. The van der Waals surface area contributed by atoms with Crippen molar-refractivity contribution in [3.63, 3.8) is 0 Å². The Morgan fingerprint density at radius 1 is 1.10 bits per heavy atom. The van der Waals surface area contributed by atoms with Crippen molar-refractivity contribution in [3.05, 3.63) is 36.0 Å². The fraction of sp³-hybridized carbons (Fsp3) is 0.522. The van der Waals surface area contributed by atoms with Gasteiger partial charge in [-0.25, -0.2) is 0 Å². The molecule has 1 aromatic heterocycles. The van der Waals surface area contributed by atoms with Crippen molar-refractivity contribution in [1.82, 2.24) is 20.9 Å². The van der Waals surface area contributed by atoms with Gasteiger partial charge in [0, 0.05) is 29.9 Å². The summed E-state index contributed by atoms with van der Waals surface area (Å²) in [5, 5.41) is 9.53. The van der Waals surface area contributed by atoms with Gasteiger partial charge in [-0.1, -0.05) is 38.0 Å². The van der Waals surface area contributed by atoms with Gasteiger partial charge in [0.05, 0.1) is 6.17 Å². The average Bonchev–Trinajstić information content (AvgIpc) is 3.14. The van der Waals surface area contributed by atoms with Crippen LogP contribution in [-0.2, 0) is 20.8 Å². The van der Waals surface area contributed by atoms with Crippen molar-refractivity contribution in [2.75, 3.05) is 0 Å². The predicted octanol–water partition coefficient (Wildman–Crippen LogP) is 1.85. The van der Waals surface area contributed by atoms with Crippen molar-refractivity contribution >= 4 is 28.6 Å². The minimum absolute atomic E-state index is 0.0372. The first-order valence-electron chi connectivity index (χ1n) is 11.2. The van der Waals surface area contributed by atoms with Gasteiger partial charge in [-0.15, -0.1) is 0 Å². The molecule has 2 aromatic rings.